The SMILES string of the molecule is CC(C)C[C@H](NC(=O)[C@H](Cc1ccc(-c2ccccc2)cc1)CP(=O)(O)[C@@H](N)Cc1ccccc1)C(=O)O. The average molecular weight is 537 g/mol. The van der Waals surface area contributed by atoms with E-state index in [4.69, 9.17) is 5.73 Å². The molecule has 0 saturated carbocycles. The standard InChI is InChI=1S/C30H37N2O5P/c1-21(2)17-27(30(34)35)32-29(33)26(20-38(36,37)28(31)19-22-9-5-3-6-10-22)18-23-13-15-25(16-14-23)24-11-7-4-8-12-24/h3-16,21,26-28H,17-20,31H2,1-2H3,(H,32,33)(H,34,35)(H,36,37)/t26-,27+,28-/m1/s1. The van der Waals surface area contributed by atoms with Crippen molar-refractivity contribution in [1.82, 2.24) is 5.32 Å². The van der Waals surface area contributed by atoms with Gasteiger partial charge in [0.2, 0.25) is 13.3 Å². The molecule has 3 aromatic rings. The first-order valence-corrected chi connectivity index (χ1v) is 14.7. The molecule has 5 N–H and O–H groups in total. The summed E-state index contributed by atoms with van der Waals surface area (Å²) in [7, 11) is -3.98. The first-order chi connectivity index (χ1) is 18.0. The lowest BCUT2D eigenvalue weighted by Crippen LogP contribution is -2.46. The van der Waals surface area contributed by atoms with Crippen LogP contribution in [0.2, 0.25) is 0 Å². The van der Waals surface area contributed by atoms with Gasteiger partial charge >= 0.3 is 5.97 Å². The number of nitrogens with two attached hydrogens (primary N) is 1. The van der Waals surface area contributed by atoms with Crippen LogP contribution in [-0.4, -0.2) is 39.9 Å². The Hall–Kier alpha value is -3.25. The third kappa shape index (κ3) is 8.66. The molecule has 0 bridgehead atoms. The molecule has 0 fully saturated rings. The van der Waals surface area contributed by atoms with E-state index in [9.17, 15) is 24.2 Å². The van der Waals surface area contributed by atoms with Crippen molar-refractivity contribution in [3.63, 3.8) is 0 Å². The summed E-state index contributed by atoms with van der Waals surface area (Å²) in [4.78, 5) is 36.1. The summed E-state index contributed by atoms with van der Waals surface area (Å²) in [5.41, 5.74) is 9.88. The third-order valence-electron chi connectivity index (χ3n) is 6.52. The highest BCUT2D eigenvalue weighted by Gasteiger charge is 2.35. The number of hydrogen-bond acceptors (Lipinski definition) is 4. The molecule has 0 aliphatic rings. The number of carboxylic acid groups (broad SMARTS) is 1. The zero-order valence-corrected chi connectivity index (χ0v) is 22.8. The van der Waals surface area contributed by atoms with Crippen molar-refractivity contribution in [3.05, 3.63) is 96.1 Å². The van der Waals surface area contributed by atoms with Crippen molar-refractivity contribution in [2.75, 3.05) is 6.16 Å². The fourth-order valence-corrected chi connectivity index (χ4v) is 6.11. The lowest BCUT2D eigenvalue weighted by atomic mass is 9.96. The van der Waals surface area contributed by atoms with E-state index in [1.54, 1.807) is 0 Å². The summed E-state index contributed by atoms with van der Waals surface area (Å²) in [6.07, 6.45) is 0.280. The summed E-state index contributed by atoms with van der Waals surface area (Å²) in [6, 6.07) is 25.6. The molecule has 0 aliphatic carbocycles. The molecule has 7 nitrogen and oxygen atoms in total. The molecule has 1 unspecified atom stereocenters. The fraction of sp³-hybridized carbons (Fsp3) is 0.333. The van der Waals surface area contributed by atoms with Gasteiger partial charge in [-0.15, -0.1) is 0 Å². The number of carbonyl (C=O) groups is 2. The van der Waals surface area contributed by atoms with Gasteiger partial charge in [0.1, 0.15) is 6.04 Å². The highest BCUT2D eigenvalue weighted by Crippen LogP contribution is 2.47. The number of rotatable bonds is 13. The van der Waals surface area contributed by atoms with Crippen LogP contribution in [0, 0.1) is 11.8 Å². The predicted octanol–water partition coefficient (Wildman–Crippen LogP) is 4.93. The molecule has 0 spiro atoms. The first kappa shape index (κ1) is 29.3. The lowest BCUT2D eigenvalue weighted by molar-refractivity contribution is -0.142. The number of amides is 1. The monoisotopic (exact) mass is 536 g/mol. The van der Waals surface area contributed by atoms with Crippen molar-refractivity contribution < 1.29 is 24.2 Å². The van der Waals surface area contributed by atoms with Crippen LogP contribution in [-0.2, 0) is 27.0 Å². The van der Waals surface area contributed by atoms with E-state index in [0.717, 1.165) is 22.3 Å². The number of hydrogen-bond donors (Lipinski definition) is 4. The van der Waals surface area contributed by atoms with Crippen LogP contribution < -0.4 is 11.1 Å². The molecule has 1 amide bonds. The molecule has 3 rings (SSSR count). The molecule has 202 valence electrons. The molecule has 38 heavy (non-hydrogen) atoms. The van der Waals surface area contributed by atoms with Crippen LogP contribution in [0.3, 0.4) is 0 Å². The topological polar surface area (TPSA) is 130 Å². The van der Waals surface area contributed by atoms with Crippen molar-refractivity contribution in [3.8, 4) is 11.1 Å². The van der Waals surface area contributed by atoms with Gasteiger partial charge in [0.05, 0.1) is 11.7 Å². The van der Waals surface area contributed by atoms with Gasteiger partial charge in [-0.2, -0.15) is 0 Å². The van der Waals surface area contributed by atoms with E-state index in [-0.39, 0.29) is 31.3 Å². The molecule has 0 heterocycles. The van der Waals surface area contributed by atoms with Crippen LogP contribution in [0.5, 0.6) is 0 Å². The normalized spacial score (nSPS) is 15.3. The molecular formula is C30H37N2O5P. The van der Waals surface area contributed by atoms with Gasteiger partial charge in [0, 0.05) is 6.16 Å². The Labute approximate surface area is 224 Å². The van der Waals surface area contributed by atoms with E-state index in [2.05, 4.69) is 5.32 Å². The van der Waals surface area contributed by atoms with E-state index in [1.807, 2.05) is 98.8 Å². The van der Waals surface area contributed by atoms with Crippen LogP contribution in [0.15, 0.2) is 84.9 Å². The molecule has 4 atom stereocenters. The Morgan fingerprint density at radius 1 is 0.842 bits per heavy atom. The Kier molecular flexibility index (Phi) is 10.4. The minimum absolute atomic E-state index is 0.0450. The number of benzene rings is 3. The zero-order chi connectivity index (χ0) is 27.7. The minimum Gasteiger partial charge on any atom is -0.480 e. The second kappa shape index (κ2) is 13.5. The van der Waals surface area contributed by atoms with E-state index < -0.39 is 37.0 Å². The van der Waals surface area contributed by atoms with Gasteiger partial charge in [-0.25, -0.2) is 4.79 Å². The van der Waals surface area contributed by atoms with E-state index in [0.29, 0.717) is 0 Å². The Balaban J connectivity index is 1.82. The van der Waals surface area contributed by atoms with Crippen molar-refractivity contribution in [1.29, 1.82) is 0 Å². The lowest BCUT2D eigenvalue weighted by Gasteiger charge is -2.26. The molecule has 0 aliphatic heterocycles. The van der Waals surface area contributed by atoms with Gasteiger partial charge in [-0.05, 0) is 47.4 Å². The molecule has 0 saturated heterocycles. The maximum atomic E-state index is 13.4. The second-order valence-corrected chi connectivity index (χ2v) is 12.7. The molecule has 0 aromatic heterocycles. The molecular weight excluding hydrogens is 499 g/mol. The molecule has 8 heteroatoms. The fourth-order valence-electron chi connectivity index (χ4n) is 4.42. The highest BCUT2D eigenvalue weighted by atomic mass is 31.2. The predicted molar refractivity (Wildman–Crippen MR) is 151 cm³/mol. The van der Waals surface area contributed by atoms with Gasteiger partial charge in [0.15, 0.2) is 0 Å². The van der Waals surface area contributed by atoms with E-state index in [1.165, 1.54) is 0 Å². The van der Waals surface area contributed by atoms with Gasteiger partial charge in [0.25, 0.3) is 0 Å². The van der Waals surface area contributed by atoms with Crippen LogP contribution >= 0.6 is 7.37 Å². The van der Waals surface area contributed by atoms with Crippen molar-refractivity contribution >= 4 is 19.2 Å². The molecule has 0 radical (unpaired) electrons. The van der Waals surface area contributed by atoms with Crippen molar-refractivity contribution in [2.24, 2.45) is 17.6 Å². The average Bonchev–Trinajstić information content (AvgIpc) is 2.89. The Bertz CT molecular complexity index is 1230. The van der Waals surface area contributed by atoms with Gasteiger partial charge in [-0.3, -0.25) is 9.36 Å². The summed E-state index contributed by atoms with van der Waals surface area (Å²) >= 11 is 0. The largest absolute Gasteiger partial charge is 0.480 e. The van der Waals surface area contributed by atoms with E-state index >= 15 is 0 Å². The third-order valence-corrected chi connectivity index (χ3v) is 8.71. The summed E-state index contributed by atoms with van der Waals surface area (Å²) in [6.45, 7) is 3.75. The van der Waals surface area contributed by atoms with Crippen LogP contribution in [0.4, 0.5) is 0 Å². The summed E-state index contributed by atoms with van der Waals surface area (Å²) < 4.78 is 13.4. The summed E-state index contributed by atoms with van der Waals surface area (Å²) in [5, 5.41) is 12.2. The van der Waals surface area contributed by atoms with Gasteiger partial charge in [-0.1, -0.05) is 98.8 Å². The van der Waals surface area contributed by atoms with Crippen LogP contribution in [0.1, 0.15) is 31.4 Å². The molecule has 3 aromatic carbocycles. The number of nitrogens with one attached hydrogen (secondary N) is 1. The quantitative estimate of drug-likeness (QED) is 0.229. The minimum atomic E-state index is -3.98. The van der Waals surface area contributed by atoms with Crippen molar-refractivity contribution in [2.45, 2.75) is 44.9 Å². The number of aliphatic carboxylic acids is 1. The smallest absolute Gasteiger partial charge is 0.326 e. The number of carboxylic acids is 1. The zero-order valence-electron chi connectivity index (χ0n) is 21.9. The maximum absolute atomic E-state index is 13.4. The van der Waals surface area contributed by atoms with Crippen LogP contribution in [0.25, 0.3) is 11.1 Å². The Morgan fingerprint density at radius 3 is 1.92 bits per heavy atom. The first-order valence-electron chi connectivity index (χ1n) is 12.8. The highest BCUT2D eigenvalue weighted by molar-refractivity contribution is 7.58. The maximum Gasteiger partial charge on any atom is 0.326 e. The van der Waals surface area contributed by atoms with Gasteiger partial charge < -0.3 is 21.1 Å². The number of carbonyl (C=O) groups excluding carboxylic acids is 1. The Morgan fingerprint density at radius 2 is 1.37 bits per heavy atom. The summed E-state index contributed by atoms with van der Waals surface area (Å²) in [5.74, 6) is -3.63. The second-order valence-electron chi connectivity index (χ2n) is 10.2.